The van der Waals surface area contributed by atoms with E-state index in [0.29, 0.717) is 0 Å². The second kappa shape index (κ2) is 3.23. The van der Waals surface area contributed by atoms with Gasteiger partial charge in [-0.1, -0.05) is 6.92 Å². The van der Waals surface area contributed by atoms with E-state index in [1.807, 2.05) is 4.68 Å². The molecule has 1 aromatic rings. The Hall–Kier alpha value is -0.260. The Kier molecular flexibility index (Phi) is 2.53. The Balaban J connectivity index is 2.83. The molecule has 0 amide bonds. The summed E-state index contributed by atoms with van der Waals surface area (Å²) in [6.45, 7) is 3.02. The maximum Gasteiger partial charge on any atom is 0.135 e. The number of nitrogen functional groups attached to an aromatic ring is 1. The van der Waals surface area contributed by atoms with Crippen LogP contribution in [0.1, 0.15) is 13.3 Å². The van der Waals surface area contributed by atoms with E-state index >= 15 is 0 Å². The molecule has 0 atom stereocenters. The first-order chi connectivity index (χ1) is 4.75. The molecular formula is C6H10IN3. The lowest BCUT2D eigenvalue weighted by atomic mass is 10.5. The summed E-state index contributed by atoms with van der Waals surface area (Å²) in [4.78, 5) is 0. The zero-order valence-electron chi connectivity index (χ0n) is 5.84. The molecule has 0 unspecified atom stereocenters. The fourth-order valence-corrected chi connectivity index (χ4v) is 1.17. The normalized spacial score (nSPS) is 10.2. The lowest BCUT2D eigenvalue weighted by Gasteiger charge is -1.99. The zero-order valence-corrected chi connectivity index (χ0v) is 8.00. The molecule has 0 aliphatic rings. The molecule has 1 aromatic heterocycles. The van der Waals surface area contributed by atoms with Crippen LogP contribution >= 0.6 is 22.6 Å². The van der Waals surface area contributed by atoms with Crippen molar-refractivity contribution in [3.05, 3.63) is 9.77 Å². The van der Waals surface area contributed by atoms with Crippen LogP contribution in [-0.4, -0.2) is 9.78 Å². The Morgan fingerprint density at radius 3 is 2.90 bits per heavy atom. The van der Waals surface area contributed by atoms with Gasteiger partial charge in [-0.15, -0.1) is 0 Å². The van der Waals surface area contributed by atoms with Gasteiger partial charge in [-0.05, 0) is 29.0 Å². The molecule has 10 heavy (non-hydrogen) atoms. The van der Waals surface area contributed by atoms with Gasteiger partial charge in [0.15, 0.2) is 0 Å². The van der Waals surface area contributed by atoms with Crippen molar-refractivity contribution in [3.8, 4) is 0 Å². The standard InChI is InChI=1S/C6H10IN3/c1-2-3-10-6(8)5(7)4-9-10/h4H,2-3,8H2,1H3. The molecule has 0 saturated carbocycles. The molecular weight excluding hydrogens is 241 g/mol. The topological polar surface area (TPSA) is 43.8 Å². The molecule has 3 nitrogen and oxygen atoms in total. The maximum atomic E-state index is 5.68. The predicted octanol–water partition coefficient (Wildman–Crippen LogP) is 1.48. The predicted molar refractivity (Wildman–Crippen MR) is 49.6 cm³/mol. The summed E-state index contributed by atoms with van der Waals surface area (Å²) in [6, 6.07) is 0. The molecule has 4 heteroatoms. The third-order valence-electron chi connectivity index (χ3n) is 1.27. The summed E-state index contributed by atoms with van der Waals surface area (Å²) in [5, 5.41) is 4.09. The Bertz CT molecular complexity index is 219. The van der Waals surface area contributed by atoms with E-state index in [1.54, 1.807) is 6.20 Å². The highest BCUT2D eigenvalue weighted by Gasteiger charge is 2.01. The van der Waals surface area contributed by atoms with Crippen LogP contribution in [0.3, 0.4) is 0 Å². The van der Waals surface area contributed by atoms with Crippen LogP contribution in [-0.2, 0) is 6.54 Å². The van der Waals surface area contributed by atoms with Gasteiger partial charge in [0.05, 0.1) is 9.77 Å². The van der Waals surface area contributed by atoms with Gasteiger partial charge in [0.1, 0.15) is 5.82 Å². The molecule has 0 radical (unpaired) electrons. The number of rotatable bonds is 2. The first-order valence-electron chi connectivity index (χ1n) is 3.22. The third kappa shape index (κ3) is 1.42. The number of hydrogen-bond donors (Lipinski definition) is 1. The highest BCUT2D eigenvalue weighted by Crippen LogP contribution is 2.12. The smallest absolute Gasteiger partial charge is 0.135 e. The van der Waals surface area contributed by atoms with Crippen LogP contribution in [0.15, 0.2) is 6.20 Å². The summed E-state index contributed by atoms with van der Waals surface area (Å²) >= 11 is 2.18. The van der Waals surface area contributed by atoms with Gasteiger partial charge in [-0.3, -0.25) is 0 Å². The fourth-order valence-electron chi connectivity index (χ4n) is 0.762. The first kappa shape index (κ1) is 7.84. The van der Waals surface area contributed by atoms with Gasteiger partial charge >= 0.3 is 0 Å². The summed E-state index contributed by atoms with van der Waals surface area (Å²) in [7, 11) is 0. The number of aryl methyl sites for hydroxylation is 1. The molecule has 56 valence electrons. The third-order valence-corrected chi connectivity index (χ3v) is 2.10. The van der Waals surface area contributed by atoms with Crippen LogP contribution in [0.2, 0.25) is 0 Å². The van der Waals surface area contributed by atoms with Crippen molar-refractivity contribution in [1.82, 2.24) is 9.78 Å². The van der Waals surface area contributed by atoms with Crippen molar-refractivity contribution in [1.29, 1.82) is 0 Å². The Labute approximate surface area is 73.7 Å². The molecule has 0 aliphatic heterocycles. The van der Waals surface area contributed by atoms with Gasteiger partial charge in [0.25, 0.3) is 0 Å². The van der Waals surface area contributed by atoms with Crippen LogP contribution < -0.4 is 5.73 Å². The lowest BCUT2D eigenvalue weighted by Crippen LogP contribution is -2.03. The van der Waals surface area contributed by atoms with Gasteiger partial charge in [0, 0.05) is 6.54 Å². The van der Waals surface area contributed by atoms with E-state index in [0.717, 1.165) is 22.4 Å². The fraction of sp³-hybridized carbons (Fsp3) is 0.500. The monoisotopic (exact) mass is 251 g/mol. The minimum atomic E-state index is 0.780. The zero-order chi connectivity index (χ0) is 7.56. The summed E-state index contributed by atoms with van der Waals surface area (Å²) < 4.78 is 2.85. The number of aromatic nitrogens is 2. The summed E-state index contributed by atoms with van der Waals surface area (Å²) in [6.07, 6.45) is 2.85. The van der Waals surface area contributed by atoms with E-state index in [-0.39, 0.29) is 0 Å². The molecule has 2 N–H and O–H groups in total. The molecule has 0 bridgehead atoms. The van der Waals surface area contributed by atoms with Crippen molar-refractivity contribution in [2.24, 2.45) is 0 Å². The number of halogens is 1. The Morgan fingerprint density at radius 1 is 1.80 bits per heavy atom. The SMILES string of the molecule is CCCn1ncc(I)c1N. The molecule has 0 aliphatic carbocycles. The summed E-state index contributed by atoms with van der Waals surface area (Å²) in [5.41, 5.74) is 5.68. The highest BCUT2D eigenvalue weighted by atomic mass is 127. The molecule has 0 spiro atoms. The average Bonchev–Trinajstić information content (AvgIpc) is 2.20. The first-order valence-corrected chi connectivity index (χ1v) is 4.30. The van der Waals surface area contributed by atoms with Crippen LogP contribution in [0.25, 0.3) is 0 Å². The lowest BCUT2D eigenvalue weighted by molar-refractivity contribution is 0.611. The van der Waals surface area contributed by atoms with Gasteiger partial charge in [0.2, 0.25) is 0 Å². The second-order valence-corrected chi connectivity index (χ2v) is 3.26. The van der Waals surface area contributed by atoms with Crippen molar-refractivity contribution < 1.29 is 0 Å². The molecule has 0 aromatic carbocycles. The number of nitrogens with two attached hydrogens (primary N) is 1. The van der Waals surface area contributed by atoms with Crippen LogP contribution in [0.5, 0.6) is 0 Å². The minimum absolute atomic E-state index is 0.780. The van der Waals surface area contributed by atoms with Crippen molar-refractivity contribution in [2.45, 2.75) is 19.9 Å². The van der Waals surface area contributed by atoms with Crippen molar-refractivity contribution >= 4 is 28.4 Å². The number of hydrogen-bond acceptors (Lipinski definition) is 2. The molecule has 0 saturated heterocycles. The van der Waals surface area contributed by atoms with Gasteiger partial charge < -0.3 is 5.73 Å². The maximum absolute atomic E-state index is 5.68. The number of anilines is 1. The largest absolute Gasteiger partial charge is 0.383 e. The van der Waals surface area contributed by atoms with E-state index in [9.17, 15) is 0 Å². The van der Waals surface area contributed by atoms with E-state index in [1.165, 1.54) is 0 Å². The van der Waals surface area contributed by atoms with E-state index < -0.39 is 0 Å². The minimum Gasteiger partial charge on any atom is -0.383 e. The quantitative estimate of drug-likeness (QED) is 0.809. The molecule has 1 rings (SSSR count). The van der Waals surface area contributed by atoms with Crippen molar-refractivity contribution in [3.63, 3.8) is 0 Å². The van der Waals surface area contributed by atoms with E-state index in [2.05, 4.69) is 34.6 Å². The number of nitrogens with zero attached hydrogens (tertiary/aromatic N) is 2. The second-order valence-electron chi connectivity index (χ2n) is 2.10. The van der Waals surface area contributed by atoms with Crippen LogP contribution in [0.4, 0.5) is 5.82 Å². The molecule has 1 heterocycles. The van der Waals surface area contributed by atoms with E-state index in [4.69, 9.17) is 5.73 Å². The Morgan fingerprint density at radius 2 is 2.50 bits per heavy atom. The van der Waals surface area contributed by atoms with Gasteiger partial charge in [-0.25, -0.2) is 4.68 Å². The van der Waals surface area contributed by atoms with Crippen LogP contribution in [0, 0.1) is 3.57 Å². The molecule has 0 fully saturated rings. The van der Waals surface area contributed by atoms with Gasteiger partial charge in [-0.2, -0.15) is 5.10 Å². The van der Waals surface area contributed by atoms with Crippen molar-refractivity contribution in [2.75, 3.05) is 5.73 Å². The average molecular weight is 251 g/mol. The highest BCUT2D eigenvalue weighted by molar-refractivity contribution is 14.1. The summed E-state index contributed by atoms with van der Waals surface area (Å²) in [5.74, 6) is 0.780.